The highest BCUT2D eigenvalue weighted by atomic mass is 16.5. The van der Waals surface area contributed by atoms with Crippen LogP contribution >= 0.6 is 0 Å². The molecule has 2 aromatic carbocycles. The van der Waals surface area contributed by atoms with E-state index in [0.29, 0.717) is 6.61 Å². The van der Waals surface area contributed by atoms with Crippen molar-refractivity contribution in [3.05, 3.63) is 71.3 Å². The second kappa shape index (κ2) is 6.66. The van der Waals surface area contributed by atoms with Crippen LogP contribution in [0.15, 0.2) is 54.6 Å². The minimum atomic E-state index is -0.0169. The molecule has 0 aliphatic heterocycles. The minimum Gasteiger partial charge on any atom is -0.376 e. The molecule has 0 aromatic heterocycles. The highest BCUT2D eigenvalue weighted by molar-refractivity contribution is 5.28. The third kappa shape index (κ3) is 3.59. The molecule has 2 aromatic rings. The Morgan fingerprint density at radius 3 is 2.00 bits per heavy atom. The number of rotatable bonds is 5. The van der Waals surface area contributed by atoms with Crippen LogP contribution in [0.1, 0.15) is 44.4 Å². The Balaban J connectivity index is 2.14. The minimum absolute atomic E-state index is 0.0169. The molecule has 0 aliphatic carbocycles. The Morgan fingerprint density at radius 2 is 1.41 bits per heavy atom. The van der Waals surface area contributed by atoms with Crippen LogP contribution in [0.2, 0.25) is 0 Å². The lowest BCUT2D eigenvalue weighted by molar-refractivity contribution is 0.0291. The quantitative estimate of drug-likeness (QED) is 0.706. The molecule has 118 valence electrons. The molecule has 0 amide bonds. The molecular formula is C21H28O. The van der Waals surface area contributed by atoms with Gasteiger partial charge in [-0.2, -0.15) is 0 Å². The number of hydrogen-bond acceptors (Lipinski definition) is 1. The second-order valence-corrected chi connectivity index (χ2v) is 7.37. The monoisotopic (exact) mass is 296 g/mol. The van der Waals surface area contributed by atoms with Crippen molar-refractivity contribution in [2.45, 2.75) is 46.6 Å². The van der Waals surface area contributed by atoms with Crippen LogP contribution in [0.5, 0.6) is 0 Å². The van der Waals surface area contributed by atoms with E-state index in [0.717, 1.165) is 6.61 Å². The van der Waals surface area contributed by atoms with Crippen molar-refractivity contribution in [3.8, 4) is 0 Å². The van der Waals surface area contributed by atoms with E-state index in [1.54, 1.807) is 0 Å². The molecule has 2 rings (SSSR count). The molecule has 0 saturated carbocycles. The average molecular weight is 296 g/mol. The molecule has 1 nitrogen and oxygen atoms in total. The van der Waals surface area contributed by atoms with Crippen molar-refractivity contribution < 1.29 is 4.74 Å². The molecule has 0 heterocycles. The smallest absolute Gasteiger partial charge is 0.0719 e. The first-order valence-corrected chi connectivity index (χ1v) is 8.02. The lowest BCUT2D eigenvalue weighted by Gasteiger charge is -2.42. The Morgan fingerprint density at radius 1 is 0.818 bits per heavy atom. The van der Waals surface area contributed by atoms with Crippen LogP contribution in [0, 0.1) is 12.3 Å². The zero-order valence-electron chi connectivity index (χ0n) is 14.5. The van der Waals surface area contributed by atoms with Crippen LogP contribution in [0.3, 0.4) is 0 Å². The van der Waals surface area contributed by atoms with E-state index in [1.165, 1.54) is 16.7 Å². The molecule has 0 spiro atoms. The lowest BCUT2D eigenvalue weighted by atomic mass is 9.64. The van der Waals surface area contributed by atoms with Crippen molar-refractivity contribution in [2.24, 2.45) is 5.41 Å². The molecule has 0 bridgehead atoms. The summed E-state index contributed by atoms with van der Waals surface area (Å²) < 4.78 is 6.15. The summed E-state index contributed by atoms with van der Waals surface area (Å²) in [5, 5.41) is 0. The second-order valence-electron chi connectivity index (χ2n) is 7.37. The van der Waals surface area contributed by atoms with Gasteiger partial charge in [0.15, 0.2) is 0 Å². The van der Waals surface area contributed by atoms with Gasteiger partial charge in [0.1, 0.15) is 0 Å². The van der Waals surface area contributed by atoms with Crippen molar-refractivity contribution in [3.63, 3.8) is 0 Å². The molecule has 1 atom stereocenters. The third-order valence-corrected chi connectivity index (χ3v) is 4.98. The Hall–Kier alpha value is -1.60. The maximum absolute atomic E-state index is 6.15. The maximum Gasteiger partial charge on any atom is 0.0719 e. The van der Waals surface area contributed by atoms with Gasteiger partial charge >= 0.3 is 0 Å². The fourth-order valence-corrected chi connectivity index (χ4v) is 2.68. The lowest BCUT2D eigenvalue weighted by Crippen LogP contribution is -2.41. The SMILES string of the molecule is Cc1ccccc1COC[C@](C)(c1ccccc1)C(C)(C)C. The Kier molecular flexibility index (Phi) is 5.08. The number of aryl methyl sites for hydroxylation is 1. The van der Waals surface area contributed by atoms with Crippen LogP contribution in [0.4, 0.5) is 0 Å². The van der Waals surface area contributed by atoms with E-state index in [-0.39, 0.29) is 10.8 Å². The summed E-state index contributed by atoms with van der Waals surface area (Å²) in [5.41, 5.74) is 4.01. The highest BCUT2D eigenvalue weighted by Crippen LogP contribution is 2.41. The summed E-state index contributed by atoms with van der Waals surface area (Å²) in [6, 6.07) is 19.1. The van der Waals surface area contributed by atoms with Crippen molar-refractivity contribution in [1.29, 1.82) is 0 Å². The first-order chi connectivity index (χ1) is 10.3. The van der Waals surface area contributed by atoms with Gasteiger partial charge in [0.2, 0.25) is 0 Å². The molecular weight excluding hydrogens is 268 g/mol. The summed E-state index contributed by atoms with van der Waals surface area (Å²) in [6.45, 7) is 12.7. The van der Waals surface area contributed by atoms with Gasteiger partial charge in [-0.15, -0.1) is 0 Å². The predicted molar refractivity (Wildman–Crippen MR) is 94.1 cm³/mol. The maximum atomic E-state index is 6.15. The molecule has 0 radical (unpaired) electrons. The van der Waals surface area contributed by atoms with Gasteiger partial charge < -0.3 is 4.74 Å². The predicted octanol–water partition coefficient (Wildman–Crippen LogP) is 5.52. The number of hydrogen-bond donors (Lipinski definition) is 0. The van der Waals surface area contributed by atoms with Crippen molar-refractivity contribution in [1.82, 2.24) is 0 Å². The first-order valence-electron chi connectivity index (χ1n) is 8.02. The standard InChI is InChI=1S/C21H28O/c1-17-11-9-10-12-18(17)15-22-16-21(5,20(2,3)4)19-13-7-6-8-14-19/h6-14H,15-16H2,1-5H3/t21-/m1/s1. The van der Waals surface area contributed by atoms with Gasteiger partial charge in [-0.3, -0.25) is 0 Å². The normalized spacial score (nSPS) is 14.6. The van der Waals surface area contributed by atoms with Crippen LogP contribution in [0.25, 0.3) is 0 Å². The largest absolute Gasteiger partial charge is 0.376 e. The summed E-state index contributed by atoms with van der Waals surface area (Å²) in [4.78, 5) is 0. The summed E-state index contributed by atoms with van der Waals surface area (Å²) >= 11 is 0. The van der Waals surface area contributed by atoms with Gasteiger partial charge in [-0.25, -0.2) is 0 Å². The van der Waals surface area contributed by atoms with E-state index in [4.69, 9.17) is 4.74 Å². The molecule has 0 saturated heterocycles. The van der Waals surface area contributed by atoms with E-state index >= 15 is 0 Å². The van der Waals surface area contributed by atoms with Gasteiger partial charge in [0.05, 0.1) is 13.2 Å². The molecule has 0 unspecified atom stereocenters. The van der Waals surface area contributed by atoms with E-state index in [9.17, 15) is 0 Å². The van der Waals surface area contributed by atoms with Gasteiger partial charge in [-0.05, 0) is 29.0 Å². The van der Waals surface area contributed by atoms with Crippen LogP contribution in [-0.4, -0.2) is 6.61 Å². The summed E-state index contributed by atoms with van der Waals surface area (Å²) in [7, 11) is 0. The zero-order chi connectivity index (χ0) is 16.2. The first kappa shape index (κ1) is 16.8. The topological polar surface area (TPSA) is 9.23 Å². The molecule has 1 heteroatoms. The van der Waals surface area contributed by atoms with Crippen molar-refractivity contribution in [2.75, 3.05) is 6.61 Å². The number of ether oxygens (including phenoxy) is 1. The zero-order valence-corrected chi connectivity index (χ0v) is 14.5. The Bertz CT molecular complexity index is 595. The Labute approximate surface area is 135 Å². The van der Waals surface area contributed by atoms with Crippen LogP contribution in [-0.2, 0) is 16.8 Å². The molecule has 0 fully saturated rings. The highest BCUT2D eigenvalue weighted by Gasteiger charge is 2.39. The number of benzene rings is 2. The fourth-order valence-electron chi connectivity index (χ4n) is 2.68. The summed E-state index contributed by atoms with van der Waals surface area (Å²) in [5.74, 6) is 0. The average Bonchev–Trinajstić information content (AvgIpc) is 2.49. The van der Waals surface area contributed by atoms with Crippen LogP contribution < -0.4 is 0 Å². The van der Waals surface area contributed by atoms with Crippen molar-refractivity contribution >= 4 is 0 Å². The molecule has 0 N–H and O–H groups in total. The molecule has 22 heavy (non-hydrogen) atoms. The third-order valence-electron chi connectivity index (χ3n) is 4.98. The fraction of sp³-hybridized carbons (Fsp3) is 0.429. The van der Waals surface area contributed by atoms with Gasteiger partial charge in [-0.1, -0.05) is 82.3 Å². The van der Waals surface area contributed by atoms with E-state index < -0.39 is 0 Å². The van der Waals surface area contributed by atoms with E-state index in [1.807, 2.05) is 0 Å². The van der Waals surface area contributed by atoms with Gasteiger partial charge in [0.25, 0.3) is 0 Å². The summed E-state index contributed by atoms with van der Waals surface area (Å²) in [6.07, 6.45) is 0. The molecule has 0 aliphatic rings. The van der Waals surface area contributed by atoms with Gasteiger partial charge in [0, 0.05) is 5.41 Å². The van der Waals surface area contributed by atoms with E-state index in [2.05, 4.69) is 89.2 Å².